The van der Waals surface area contributed by atoms with Gasteiger partial charge in [-0.15, -0.1) is 0 Å². The lowest BCUT2D eigenvalue weighted by Gasteiger charge is -2.34. The normalized spacial score (nSPS) is 11.9. The lowest BCUT2D eigenvalue weighted by atomic mass is 10.0. The number of nitrogens with one attached hydrogen (secondary N) is 1. The first kappa shape index (κ1) is 35.9. The largest absolute Gasteiger partial charge is 0.497 e. The average Bonchev–Trinajstić information content (AvgIpc) is 3.05. The van der Waals surface area contributed by atoms with Gasteiger partial charge in [0.05, 0.1) is 22.6 Å². The van der Waals surface area contributed by atoms with Crippen LogP contribution in [0.4, 0.5) is 11.4 Å². The molecule has 4 aromatic rings. The summed E-state index contributed by atoms with van der Waals surface area (Å²) in [6.45, 7) is 4.33. The van der Waals surface area contributed by atoms with Crippen molar-refractivity contribution >= 4 is 44.8 Å². The Morgan fingerprint density at radius 2 is 1.60 bits per heavy atom. The molecule has 0 radical (unpaired) electrons. The first-order valence-corrected chi connectivity index (χ1v) is 16.9. The molecule has 4 aromatic carbocycles. The Kier molecular flexibility index (Phi) is 11.8. The SMILES string of the molecule is COc1ccc(N(CC(=O)N(Cc2cccc(Cl)c2)[C@@H](Cc2ccccc2)C(=O)NC(C)C)S(=O)(=O)c2ccc(C)c([N+](=O)[O-])c2)cc1. The molecule has 0 unspecified atom stereocenters. The van der Waals surface area contributed by atoms with Crippen LogP contribution in [0.3, 0.4) is 0 Å². The number of hydrogen-bond acceptors (Lipinski definition) is 7. The predicted octanol–water partition coefficient (Wildman–Crippen LogP) is 5.93. The Morgan fingerprint density at radius 3 is 2.21 bits per heavy atom. The number of aryl methyl sites for hydroxylation is 1. The van der Waals surface area contributed by atoms with Crippen LogP contribution in [0.15, 0.2) is 102 Å². The molecule has 0 bridgehead atoms. The number of methoxy groups -OCH3 is 1. The molecule has 2 amide bonds. The number of hydrogen-bond donors (Lipinski definition) is 1. The number of carbonyl (C=O) groups is 2. The monoisotopic (exact) mass is 692 g/mol. The second-order valence-corrected chi connectivity index (χ2v) is 13.7. The summed E-state index contributed by atoms with van der Waals surface area (Å²) >= 11 is 6.28. The fourth-order valence-corrected chi connectivity index (χ4v) is 6.77. The number of halogens is 1. The quantitative estimate of drug-likeness (QED) is 0.128. The third kappa shape index (κ3) is 8.90. The van der Waals surface area contributed by atoms with E-state index >= 15 is 0 Å². The van der Waals surface area contributed by atoms with E-state index in [1.165, 1.54) is 55.3 Å². The Morgan fingerprint density at radius 1 is 0.938 bits per heavy atom. The van der Waals surface area contributed by atoms with Crippen molar-refractivity contribution in [2.45, 2.75) is 50.7 Å². The highest BCUT2D eigenvalue weighted by Crippen LogP contribution is 2.30. The van der Waals surface area contributed by atoms with E-state index in [4.69, 9.17) is 16.3 Å². The van der Waals surface area contributed by atoms with Gasteiger partial charge in [-0.1, -0.05) is 60.1 Å². The molecule has 0 aliphatic rings. The van der Waals surface area contributed by atoms with Crippen LogP contribution in [0.1, 0.15) is 30.5 Å². The number of ether oxygens (including phenoxy) is 1. The van der Waals surface area contributed by atoms with Crippen LogP contribution in [-0.4, -0.2) is 55.8 Å². The number of amides is 2. The van der Waals surface area contributed by atoms with Crippen molar-refractivity contribution in [3.8, 4) is 5.75 Å². The van der Waals surface area contributed by atoms with Gasteiger partial charge in [0.1, 0.15) is 18.3 Å². The second-order valence-electron chi connectivity index (χ2n) is 11.4. The van der Waals surface area contributed by atoms with E-state index in [0.29, 0.717) is 16.3 Å². The van der Waals surface area contributed by atoms with E-state index in [1.807, 2.05) is 30.3 Å². The number of nitrogens with zero attached hydrogens (tertiary/aromatic N) is 3. The summed E-state index contributed by atoms with van der Waals surface area (Å²) in [6, 6.07) is 24.3. The molecule has 4 rings (SSSR count). The maximum Gasteiger partial charge on any atom is 0.273 e. The highest BCUT2D eigenvalue weighted by molar-refractivity contribution is 7.92. The van der Waals surface area contributed by atoms with E-state index in [-0.39, 0.29) is 40.8 Å². The van der Waals surface area contributed by atoms with Crippen molar-refractivity contribution in [1.82, 2.24) is 10.2 Å². The summed E-state index contributed by atoms with van der Waals surface area (Å²) in [5.74, 6) is -0.655. The molecule has 0 saturated carbocycles. The number of anilines is 1. The number of nitro groups is 1. The summed E-state index contributed by atoms with van der Waals surface area (Å²) in [6.07, 6.45) is 0.144. The Labute approximate surface area is 285 Å². The highest BCUT2D eigenvalue weighted by atomic mass is 35.5. The summed E-state index contributed by atoms with van der Waals surface area (Å²) in [5.41, 5.74) is 1.42. The molecule has 0 aliphatic heterocycles. The summed E-state index contributed by atoms with van der Waals surface area (Å²) in [7, 11) is -3.10. The maximum absolute atomic E-state index is 14.5. The van der Waals surface area contributed by atoms with Crippen molar-refractivity contribution in [2.24, 2.45) is 0 Å². The van der Waals surface area contributed by atoms with Gasteiger partial charge in [0.2, 0.25) is 11.8 Å². The zero-order valence-corrected chi connectivity index (χ0v) is 28.6. The number of sulfonamides is 1. The van der Waals surface area contributed by atoms with E-state index in [2.05, 4.69) is 5.32 Å². The Hall–Kier alpha value is -4.94. The molecule has 252 valence electrons. The summed E-state index contributed by atoms with van der Waals surface area (Å²) in [5, 5.41) is 15.0. The minimum absolute atomic E-state index is 0.0606. The second kappa shape index (κ2) is 15.8. The minimum Gasteiger partial charge on any atom is -0.497 e. The van der Waals surface area contributed by atoms with Crippen molar-refractivity contribution in [2.75, 3.05) is 18.0 Å². The van der Waals surface area contributed by atoms with Crippen LogP contribution < -0.4 is 14.4 Å². The van der Waals surface area contributed by atoms with Crippen LogP contribution in [0.25, 0.3) is 0 Å². The molecule has 1 atom stereocenters. The van der Waals surface area contributed by atoms with Gasteiger partial charge in [0.15, 0.2) is 0 Å². The molecule has 13 heteroatoms. The van der Waals surface area contributed by atoms with Crippen molar-refractivity contribution in [3.05, 3.63) is 129 Å². The van der Waals surface area contributed by atoms with Crippen molar-refractivity contribution in [3.63, 3.8) is 0 Å². The number of rotatable bonds is 14. The van der Waals surface area contributed by atoms with E-state index in [0.717, 1.165) is 15.9 Å². The molecule has 0 fully saturated rings. The average molecular weight is 693 g/mol. The first-order chi connectivity index (χ1) is 22.8. The zero-order chi connectivity index (χ0) is 35.0. The maximum atomic E-state index is 14.5. The molecule has 0 aromatic heterocycles. The van der Waals surface area contributed by atoms with Gasteiger partial charge < -0.3 is 15.0 Å². The van der Waals surface area contributed by atoms with E-state index in [1.54, 1.807) is 38.1 Å². The van der Waals surface area contributed by atoms with Crippen LogP contribution in [0.5, 0.6) is 5.75 Å². The van der Waals surface area contributed by atoms with Gasteiger partial charge in [-0.05, 0) is 74.4 Å². The fourth-order valence-electron chi connectivity index (χ4n) is 5.12. The van der Waals surface area contributed by atoms with Crippen molar-refractivity contribution < 1.29 is 27.7 Å². The van der Waals surface area contributed by atoms with E-state index in [9.17, 15) is 28.1 Å². The van der Waals surface area contributed by atoms with Crippen LogP contribution in [0.2, 0.25) is 5.02 Å². The van der Waals surface area contributed by atoms with Gasteiger partial charge in [0.25, 0.3) is 15.7 Å². The molecular formula is C35H37ClN4O7S. The minimum atomic E-state index is -4.56. The molecule has 0 aliphatic carbocycles. The molecule has 0 saturated heterocycles. The lowest BCUT2D eigenvalue weighted by Crippen LogP contribution is -2.54. The smallest absolute Gasteiger partial charge is 0.273 e. The standard InChI is InChI=1S/C35H37ClN4O7S/c1-24(2)37-35(42)33(20-26-9-6-5-7-10-26)38(22-27-11-8-12-28(36)19-27)34(41)23-39(29-14-16-30(47-4)17-15-29)48(45,46)31-18-13-25(3)32(21-31)40(43)44/h5-19,21,24,33H,20,22-23H2,1-4H3,(H,37,42)/t33-/m0/s1. The Bertz CT molecular complexity index is 1870. The summed E-state index contributed by atoms with van der Waals surface area (Å²) < 4.78 is 34.7. The molecule has 0 heterocycles. The van der Waals surface area contributed by atoms with Crippen LogP contribution >= 0.6 is 11.6 Å². The third-order valence-corrected chi connectivity index (χ3v) is 9.55. The number of benzene rings is 4. The first-order valence-electron chi connectivity index (χ1n) is 15.1. The summed E-state index contributed by atoms with van der Waals surface area (Å²) in [4.78, 5) is 40.4. The molecule has 0 spiro atoms. The van der Waals surface area contributed by atoms with Gasteiger partial charge in [-0.3, -0.25) is 24.0 Å². The van der Waals surface area contributed by atoms with Gasteiger partial charge in [-0.2, -0.15) is 0 Å². The zero-order valence-electron chi connectivity index (χ0n) is 27.0. The molecular weight excluding hydrogens is 656 g/mol. The molecule has 11 nitrogen and oxygen atoms in total. The van der Waals surface area contributed by atoms with Gasteiger partial charge in [-0.25, -0.2) is 8.42 Å². The van der Waals surface area contributed by atoms with Crippen molar-refractivity contribution in [1.29, 1.82) is 0 Å². The fraction of sp³-hybridized carbons (Fsp3) is 0.257. The molecule has 48 heavy (non-hydrogen) atoms. The molecule has 1 N–H and O–H groups in total. The Balaban J connectivity index is 1.84. The predicted molar refractivity (Wildman–Crippen MR) is 185 cm³/mol. The van der Waals surface area contributed by atoms with Crippen LogP contribution in [-0.2, 0) is 32.6 Å². The topological polar surface area (TPSA) is 139 Å². The third-order valence-electron chi connectivity index (χ3n) is 7.55. The van der Waals surface area contributed by atoms with E-state index < -0.39 is 39.3 Å². The van der Waals surface area contributed by atoms with Gasteiger partial charge >= 0.3 is 0 Å². The number of nitro benzene ring substituents is 1. The highest BCUT2D eigenvalue weighted by Gasteiger charge is 2.35. The lowest BCUT2D eigenvalue weighted by molar-refractivity contribution is -0.385. The number of carbonyl (C=O) groups excluding carboxylic acids is 2. The van der Waals surface area contributed by atoms with Crippen LogP contribution in [0, 0.1) is 17.0 Å². The van der Waals surface area contributed by atoms with Gasteiger partial charge in [0, 0.05) is 35.7 Å².